The first-order chi connectivity index (χ1) is 14.0. The highest BCUT2D eigenvalue weighted by Gasteiger charge is 2.15. The van der Waals surface area contributed by atoms with E-state index in [4.69, 9.17) is 19.6 Å². The Morgan fingerprint density at radius 3 is 2.34 bits per heavy atom. The van der Waals surface area contributed by atoms with E-state index in [9.17, 15) is 14.4 Å². The standard InChI is InChI=1S/C21H18N2O6/c22-20(25)14-6-8-15(9-7-14)23-19(24)13-28-21(26)18-11-10-17(29-18)12-27-16-4-2-1-3-5-16/h1-11H,12-13H2,(H2,22,25)(H,23,24). The summed E-state index contributed by atoms with van der Waals surface area (Å²) in [6.45, 7) is -0.341. The molecule has 3 N–H and O–H groups in total. The molecule has 3 aromatic rings. The zero-order chi connectivity index (χ0) is 20.6. The lowest BCUT2D eigenvalue weighted by Gasteiger charge is -2.06. The van der Waals surface area contributed by atoms with Gasteiger partial charge in [-0.3, -0.25) is 9.59 Å². The number of hydrogen-bond acceptors (Lipinski definition) is 6. The number of nitrogens with one attached hydrogen (secondary N) is 1. The van der Waals surface area contributed by atoms with Crippen molar-refractivity contribution in [3.8, 4) is 5.75 Å². The quantitative estimate of drug-likeness (QED) is 0.567. The van der Waals surface area contributed by atoms with Crippen LogP contribution in [0, 0.1) is 0 Å². The van der Waals surface area contributed by atoms with Crippen molar-refractivity contribution in [3.63, 3.8) is 0 Å². The molecule has 0 radical (unpaired) electrons. The number of rotatable bonds is 8. The van der Waals surface area contributed by atoms with Gasteiger partial charge in [0.25, 0.3) is 5.91 Å². The van der Waals surface area contributed by atoms with E-state index < -0.39 is 24.4 Å². The minimum Gasteiger partial charge on any atom is -0.486 e. The molecule has 2 aromatic carbocycles. The van der Waals surface area contributed by atoms with Crippen molar-refractivity contribution < 1.29 is 28.3 Å². The number of benzene rings is 2. The van der Waals surface area contributed by atoms with Gasteiger partial charge in [-0.2, -0.15) is 0 Å². The lowest BCUT2D eigenvalue weighted by atomic mass is 10.2. The van der Waals surface area contributed by atoms with Gasteiger partial charge in [0.15, 0.2) is 6.61 Å². The predicted octanol–water partition coefficient (Wildman–Crippen LogP) is 2.75. The Kier molecular flexibility index (Phi) is 6.26. The Morgan fingerprint density at radius 1 is 0.931 bits per heavy atom. The van der Waals surface area contributed by atoms with E-state index in [1.54, 1.807) is 18.2 Å². The number of carbonyl (C=O) groups excluding carboxylic acids is 3. The second-order valence-electron chi connectivity index (χ2n) is 5.93. The molecule has 8 heteroatoms. The van der Waals surface area contributed by atoms with E-state index in [-0.39, 0.29) is 12.4 Å². The van der Waals surface area contributed by atoms with Gasteiger partial charge in [0.05, 0.1) is 0 Å². The first-order valence-corrected chi connectivity index (χ1v) is 8.64. The zero-order valence-corrected chi connectivity index (χ0v) is 15.3. The number of nitrogens with two attached hydrogens (primary N) is 1. The van der Waals surface area contributed by atoms with Crippen LogP contribution in [0.5, 0.6) is 5.75 Å². The number of primary amides is 1. The maximum atomic E-state index is 12.0. The fraction of sp³-hybridized carbons (Fsp3) is 0.0952. The van der Waals surface area contributed by atoms with E-state index in [0.29, 0.717) is 22.8 Å². The van der Waals surface area contributed by atoms with E-state index >= 15 is 0 Å². The average Bonchev–Trinajstić information content (AvgIpc) is 3.21. The van der Waals surface area contributed by atoms with Crippen molar-refractivity contribution in [3.05, 3.63) is 83.8 Å². The summed E-state index contributed by atoms with van der Waals surface area (Å²) in [5.74, 6) is -0.785. The molecular weight excluding hydrogens is 376 g/mol. The van der Waals surface area contributed by atoms with Gasteiger partial charge in [0.2, 0.25) is 11.7 Å². The minimum absolute atomic E-state index is 0.0322. The molecule has 148 valence electrons. The molecule has 0 atom stereocenters. The molecule has 0 spiro atoms. The third-order valence-electron chi connectivity index (χ3n) is 3.77. The number of carbonyl (C=O) groups is 3. The molecule has 0 aliphatic heterocycles. The van der Waals surface area contributed by atoms with Crippen LogP contribution in [0.1, 0.15) is 26.7 Å². The van der Waals surface area contributed by atoms with Crippen molar-refractivity contribution in [2.75, 3.05) is 11.9 Å². The van der Waals surface area contributed by atoms with Crippen molar-refractivity contribution in [1.29, 1.82) is 0 Å². The van der Waals surface area contributed by atoms with Crippen LogP contribution in [0.15, 0.2) is 71.1 Å². The van der Waals surface area contributed by atoms with E-state index in [2.05, 4.69) is 5.32 Å². The maximum absolute atomic E-state index is 12.0. The number of esters is 1. The fourth-order valence-electron chi connectivity index (χ4n) is 2.35. The van der Waals surface area contributed by atoms with Crippen molar-refractivity contribution in [2.45, 2.75) is 6.61 Å². The summed E-state index contributed by atoms with van der Waals surface area (Å²) in [6.07, 6.45) is 0. The second kappa shape index (κ2) is 9.23. The molecule has 0 fully saturated rings. The third-order valence-corrected chi connectivity index (χ3v) is 3.77. The first-order valence-electron chi connectivity index (χ1n) is 8.64. The maximum Gasteiger partial charge on any atom is 0.374 e. The molecule has 2 amide bonds. The van der Waals surface area contributed by atoms with Gasteiger partial charge < -0.3 is 24.9 Å². The van der Waals surface area contributed by atoms with Crippen LogP contribution in [0.25, 0.3) is 0 Å². The first kappa shape index (κ1) is 19.7. The molecule has 0 aliphatic rings. The van der Waals surface area contributed by atoms with Crippen molar-refractivity contribution in [1.82, 2.24) is 0 Å². The van der Waals surface area contributed by atoms with Crippen LogP contribution in [-0.2, 0) is 16.1 Å². The Morgan fingerprint density at radius 2 is 1.66 bits per heavy atom. The minimum atomic E-state index is -0.768. The Hall–Kier alpha value is -4.07. The Bertz CT molecular complexity index is 996. The summed E-state index contributed by atoms with van der Waals surface area (Å²) in [5, 5.41) is 2.54. The van der Waals surface area contributed by atoms with Crippen molar-refractivity contribution >= 4 is 23.5 Å². The average molecular weight is 394 g/mol. The predicted molar refractivity (Wildman–Crippen MR) is 103 cm³/mol. The van der Waals surface area contributed by atoms with Crippen LogP contribution >= 0.6 is 0 Å². The van der Waals surface area contributed by atoms with Gasteiger partial charge in [-0.05, 0) is 48.5 Å². The van der Waals surface area contributed by atoms with Crippen LogP contribution < -0.4 is 15.8 Å². The number of amides is 2. The molecule has 1 aromatic heterocycles. The number of furan rings is 1. The van der Waals surface area contributed by atoms with Gasteiger partial charge in [-0.25, -0.2) is 4.79 Å². The SMILES string of the molecule is NC(=O)c1ccc(NC(=O)COC(=O)c2ccc(COc3ccccc3)o2)cc1. The molecule has 29 heavy (non-hydrogen) atoms. The summed E-state index contributed by atoms with van der Waals surface area (Å²) >= 11 is 0. The number of hydrogen-bond donors (Lipinski definition) is 2. The molecule has 1 heterocycles. The largest absolute Gasteiger partial charge is 0.486 e. The highest BCUT2D eigenvalue weighted by molar-refractivity contribution is 5.96. The summed E-state index contributed by atoms with van der Waals surface area (Å²) in [7, 11) is 0. The smallest absolute Gasteiger partial charge is 0.374 e. The molecule has 0 aliphatic carbocycles. The monoisotopic (exact) mass is 394 g/mol. The van der Waals surface area contributed by atoms with E-state index in [1.165, 1.54) is 30.3 Å². The Labute approximate surface area is 166 Å². The van der Waals surface area contributed by atoms with Gasteiger partial charge in [-0.15, -0.1) is 0 Å². The summed E-state index contributed by atoms with van der Waals surface area (Å²) in [4.78, 5) is 34.9. The normalized spacial score (nSPS) is 10.2. The molecule has 0 saturated carbocycles. The Balaban J connectivity index is 1.45. The van der Waals surface area contributed by atoms with Crippen molar-refractivity contribution in [2.24, 2.45) is 5.73 Å². The van der Waals surface area contributed by atoms with Crippen LogP contribution in [-0.4, -0.2) is 24.4 Å². The molecule has 0 saturated heterocycles. The summed E-state index contributed by atoms with van der Waals surface area (Å²) in [6, 6.07) is 18.2. The molecular formula is C21H18N2O6. The fourth-order valence-corrected chi connectivity index (χ4v) is 2.35. The number of ether oxygens (including phenoxy) is 2. The number of anilines is 1. The highest BCUT2D eigenvalue weighted by atomic mass is 16.6. The zero-order valence-electron chi connectivity index (χ0n) is 15.3. The van der Waals surface area contributed by atoms with Crippen LogP contribution in [0.3, 0.4) is 0 Å². The van der Waals surface area contributed by atoms with Gasteiger partial charge >= 0.3 is 5.97 Å². The topological polar surface area (TPSA) is 121 Å². The van der Waals surface area contributed by atoms with Crippen LogP contribution in [0.4, 0.5) is 5.69 Å². The lowest BCUT2D eigenvalue weighted by molar-refractivity contribution is -0.119. The summed E-state index contributed by atoms with van der Waals surface area (Å²) < 4.78 is 15.9. The summed E-state index contributed by atoms with van der Waals surface area (Å²) in [5.41, 5.74) is 5.91. The molecule has 8 nitrogen and oxygen atoms in total. The van der Waals surface area contributed by atoms with E-state index in [0.717, 1.165) is 0 Å². The van der Waals surface area contributed by atoms with Gasteiger partial charge in [-0.1, -0.05) is 18.2 Å². The second-order valence-corrected chi connectivity index (χ2v) is 5.93. The highest BCUT2D eigenvalue weighted by Crippen LogP contribution is 2.15. The third kappa shape index (κ3) is 5.70. The number of para-hydroxylation sites is 1. The van der Waals surface area contributed by atoms with E-state index in [1.807, 2.05) is 18.2 Å². The van der Waals surface area contributed by atoms with Gasteiger partial charge in [0, 0.05) is 11.3 Å². The molecule has 3 rings (SSSR count). The molecule has 0 bridgehead atoms. The van der Waals surface area contributed by atoms with Gasteiger partial charge in [0.1, 0.15) is 18.1 Å². The van der Waals surface area contributed by atoms with Crippen LogP contribution in [0.2, 0.25) is 0 Å². The lowest BCUT2D eigenvalue weighted by Crippen LogP contribution is -2.21. The molecule has 0 unspecified atom stereocenters.